The number of ether oxygens (including phenoxy) is 2. The lowest BCUT2D eigenvalue weighted by Crippen LogP contribution is -2.46. The van der Waals surface area contributed by atoms with Crippen molar-refractivity contribution < 1.29 is 40.6 Å². The Hall–Kier alpha value is -3.22. The van der Waals surface area contributed by atoms with Crippen molar-refractivity contribution in [1.29, 1.82) is 0 Å². The molecular weight excluding hydrogens is 542 g/mol. The Labute approximate surface area is 218 Å². The number of halogens is 7. The molecule has 1 amide bonds. The van der Waals surface area contributed by atoms with Gasteiger partial charge in [0.05, 0.1) is 10.7 Å². The number of aliphatic imine (C=N–C) groups is 1. The molecule has 2 aromatic rings. The minimum absolute atomic E-state index is 0.0598. The largest absolute Gasteiger partial charge is 0.461 e. The van der Waals surface area contributed by atoms with Crippen LogP contribution in [0.1, 0.15) is 44.5 Å². The van der Waals surface area contributed by atoms with Crippen molar-refractivity contribution in [2.75, 3.05) is 5.32 Å². The monoisotopic (exact) mass is 564 g/mol. The summed E-state index contributed by atoms with van der Waals surface area (Å²) in [5.74, 6) is -2.09. The van der Waals surface area contributed by atoms with Crippen LogP contribution in [0.3, 0.4) is 0 Å². The molecule has 4 rings (SSSR count). The van der Waals surface area contributed by atoms with Crippen LogP contribution in [0.4, 0.5) is 36.8 Å². The molecule has 1 fully saturated rings. The first-order valence-electron chi connectivity index (χ1n) is 11.4. The van der Waals surface area contributed by atoms with Crippen LogP contribution in [0.2, 0.25) is 5.02 Å². The highest BCUT2D eigenvalue weighted by atomic mass is 35.5. The summed E-state index contributed by atoms with van der Waals surface area (Å²) in [5, 5.41) is 4.47. The average Bonchev–Trinajstić information content (AvgIpc) is 3.56. The van der Waals surface area contributed by atoms with Crippen LogP contribution in [0.5, 0.6) is 0 Å². The number of carbonyl (C=O) groups is 1. The van der Waals surface area contributed by atoms with Gasteiger partial charge in [0.1, 0.15) is 17.5 Å². The van der Waals surface area contributed by atoms with Gasteiger partial charge < -0.3 is 14.8 Å². The summed E-state index contributed by atoms with van der Waals surface area (Å²) in [6.07, 6.45) is -8.90. The molecule has 38 heavy (non-hydrogen) atoms. The van der Waals surface area contributed by atoms with Crippen LogP contribution in [-0.4, -0.2) is 41.4 Å². The Morgan fingerprint density at radius 2 is 1.92 bits per heavy atom. The lowest BCUT2D eigenvalue weighted by Gasteiger charge is -2.34. The second-order valence-corrected chi connectivity index (χ2v) is 10.3. The molecule has 2 aliphatic rings. The highest BCUT2D eigenvalue weighted by Gasteiger charge is 2.64. The summed E-state index contributed by atoms with van der Waals surface area (Å²) in [7, 11) is 0. The van der Waals surface area contributed by atoms with Crippen molar-refractivity contribution in [3.63, 3.8) is 0 Å². The normalized spacial score (nSPS) is 23.6. The van der Waals surface area contributed by atoms with E-state index in [1.165, 1.54) is 6.07 Å². The molecule has 14 heteroatoms. The zero-order valence-corrected chi connectivity index (χ0v) is 21.0. The molecular formula is C24H23ClF6N4O3. The molecule has 1 aromatic carbocycles. The third-order valence-corrected chi connectivity index (χ3v) is 6.09. The number of pyridine rings is 1. The summed E-state index contributed by atoms with van der Waals surface area (Å²) >= 11 is 5.72. The summed E-state index contributed by atoms with van der Waals surface area (Å²) < 4.78 is 96.6. The number of nitrogens with one attached hydrogen (secondary N) is 2. The lowest BCUT2D eigenvalue weighted by molar-refractivity contribution is -0.144. The van der Waals surface area contributed by atoms with Gasteiger partial charge in [-0.05, 0) is 57.5 Å². The van der Waals surface area contributed by atoms with Gasteiger partial charge in [0.15, 0.2) is 11.6 Å². The van der Waals surface area contributed by atoms with Crippen molar-refractivity contribution >= 4 is 29.4 Å². The van der Waals surface area contributed by atoms with E-state index in [4.69, 9.17) is 21.1 Å². The summed E-state index contributed by atoms with van der Waals surface area (Å²) in [5.41, 5.74) is -4.84. The smallest absolute Gasteiger partial charge is 0.415 e. The van der Waals surface area contributed by atoms with Gasteiger partial charge in [0.2, 0.25) is 0 Å². The maximum absolute atomic E-state index is 15.1. The highest BCUT2D eigenvalue weighted by Crippen LogP contribution is 2.56. The third kappa shape index (κ3) is 5.77. The maximum Gasteiger partial charge on any atom is 0.415 e. The Morgan fingerprint density at radius 3 is 2.50 bits per heavy atom. The fraction of sp³-hybridized carbons (Fsp3) is 0.458. The molecule has 2 heterocycles. The Bertz CT molecular complexity index is 1240. The number of nitrogens with zero attached hydrogens (tertiary/aromatic N) is 2. The van der Waals surface area contributed by atoms with Crippen molar-refractivity contribution in [3.8, 4) is 0 Å². The molecule has 0 saturated heterocycles. The molecule has 4 atom stereocenters. The Morgan fingerprint density at radius 1 is 1.21 bits per heavy atom. The van der Waals surface area contributed by atoms with Gasteiger partial charge in [-0.1, -0.05) is 11.6 Å². The molecule has 1 aliphatic heterocycles. The van der Waals surface area contributed by atoms with Crippen molar-refractivity contribution in [1.82, 2.24) is 10.3 Å². The molecule has 0 radical (unpaired) electrons. The number of rotatable bonds is 5. The molecule has 7 nitrogen and oxygen atoms in total. The second-order valence-electron chi connectivity index (χ2n) is 9.88. The number of carbonyl (C=O) groups excluding carboxylic acids is 1. The Balaban J connectivity index is 1.72. The van der Waals surface area contributed by atoms with Crippen LogP contribution in [-0.2, 0) is 15.0 Å². The van der Waals surface area contributed by atoms with E-state index in [0.717, 1.165) is 30.5 Å². The second kappa shape index (κ2) is 9.83. The molecule has 1 saturated carbocycles. The van der Waals surface area contributed by atoms with Gasteiger partial charge in [0.25, 0.3) is 12.4 Å². The molecule has 0 unspecified atom stereocenters. The topological polar surface area (TPSA) is 84.8 Å². The number of alkyl carbamates (subject to hydrolysis) is 1. The number of amidine groups is 1. The van der Waals surface area contributed by atoms with E-state index in [1.54, 1.807) is 20.8 Å². The minimum atomic E-state index is -4.85. The van der Waals surface area contributed by atoms with E-state index < -0.39 is 71.0 Å². The number of anilines is 1. The van der Waals surface area contributed by atoms with Gasteiger partial charge in [0, 0.05) is 23.4 Å². The zero-order chi connectivity index (χ0) is 28.0. The number of alkyl halides is 5. The average molecular weight is 565 g/mol. The standard InChI is InChI=1S/C24H23ClF6N4O3/c1-22(2,3)38-21(36)34-20-35-23(19(27)28,14-9-17(14)37-20)13-8-12(5-6-15(13)26)33-18(24(29,30)31)16-7-4-11(25)10-32-16/h4-8,10,14,17-19,33H,9H2,1-3H3,(H,34,35,36)/t14-,17+,18+,23+/m0/s1. The van der Waals surface area contributed by atoms with Crippen molar-refractivity contribution in [2.45, 2.75) is 63.1 Å². The fourth-order valence-corrected chi connectivity index (χ4v) is 4.30. The van der Waals surface area contributed by atoms with Crippen LogP contribution >= 0.6 is 11.6 Å². The molecule has 0 bridgehead atoms. The molecule has 1 aromatic heterocycles. The predicted octanol–water partition coefficient (Wildman–Crippen LogP) is 6.35. The van der Waals surface area contributed by atoms with E-state index in [9.17, 15) is 26.7 Å². The Kier molecular flexibility index (Phi) is 7.19. The van der Waals surface area contributed by atoms with E-state index in [0.29, 0.717) is 0 Å². The number of benzene rings is 1. The third-order valence-electron chi connectivity index (χ3n) is 5.87. The van der Waals surface area contributed by atoms with Crippen molar-refractivity contribution in [2.24, 2.45) is 10.9 Å². The first-order chi connectivity index (χ1) is 17.6. The van der Waals surface area contributed by atoms with Gasteiger partial charge in [-0.3, -0.25) is 4.98 Å². The molecule has 2 N–H and O–H groups in total. The van der Waals surface area contributed by atoms with Crippen LogP contribution < -0.4 is 10.6 Å². The van der Waals surface area contributed by atoms with E-state index >= 15 is 4.39 Å². The zero-order valence-electron chi connectivity index (χ0n) is 20.2. The van der Waals surface area contributed by atoms with Crippen LogP contribution in [0, 0.1) is 11.7 Å². The van der Waals surface area contributed by atoms with Crippen LogP contribution in [0.15, 0.2) is 41.5 Å². The van der Waals surface area contributed by atoms with Gasteiger partial charge >= 0.3 is 12.3 Å². The fourth-order valence-electron chi connectivity index (χ4n) is 4.19. The number of aromatic nitrogens is 1. The van der Waals surface area contributed by atoms with Gasteiger partial charge in [-0.2, -0.15) is 13.2 Å². The SMILES string of the molecule is CC(C)(C)OC(=O)NC1=N[C@@](c2cc(N[C@H](c3ccc(Cl)cn3)C(F)(F)F)ccc2F)(C(F)F)[C@H]2C[C@H]2O1. The number of hydrogen-bond donors (Lipinski definition) is 2. The summed E-state index contributed by atoms with van der Waals surface area (Å²) in [6.45, 7) is 4.74. The molecule has 1 aliphatic carbocycles. The summed E-state index contributed by atoms with van der Waals surface area (Å²) in [6, 6.07) is 1.94. The van der Waals surface area contributed by atoms with E-state index in [-0.39, 0.29) is 17.1 Å². The first-order valence-corrected chi connectivity index (χ1v) is 11.8. The minimum Gasteiger partial charge on any atom is -0.461 e. The predicted molar refractivity (Wildman–Crippen MR) is 126 cm³/mol. The molecule has 206 valence electrons. The maximum atomic E-state index is 15.1. The number of amides is 1. The van der Waals surface area contributed by atoms with E-state index in [1.807, 2.05) is 0 Å². The number of fused-ring (bicyclic) bond motifs is 1. The first kappa shape index (κ1) is 27.8. The van der Waals surface area contributed by atoms with Gasteiger partial charge in [-0.25, -0.2) is 28.3 Å². The molecule has 0 spiro atoms. The van der Waals surface area contributed by atoms with Gasteiger partial charge in [-0.15, -0.1) is 0 Å². The van der Waals surface area contributed by atoms with Crippen molar-refractivity contribution in [3.05, 3.63) is 58.6 Å². The highest BCUT2D eigenvalue weighted by molar-refractivity contribution is 6.30. The quantitative estimate of drug-likeness (QED) is 0.414. The number of hydrogen-bond acceptors (Lipinski definition) is 6. The van der Waals surface area contributed by atoms with Crippen LogP contribution in [0.25, 0.3) is 0 Å². The van der Waals surface area contributed by atoms with E-state index in [2.05, 4.69) is 20.6 Å². The summed E-state index contributed by atoms with van der Waals surface area (Å²) in [4.78, 5) is 19.8. The lowest BCUT2D eigenvalue weighted by atomic mass is 9.84.